The van der Waals surface area contributed by atoms with Crippen LogP contribution in [0.3, 0.4) is 0 Å². The number of fused-ring (bicyclic) bond motifs is 1. The first-order valence-electron chi connectivity index (χ1n) is 10.1. The topological polar surface area (TPSA) is 48.9 Å². The van der Waals surface area contributed by atoms with Gasteiger partial charge in [-0.25, -0.2) is 0 Å². The molecule has 6 heteroatoms. The second-order valence-corrected chi connectivity index (χ2v) is 7.08. The van der Waals surface area contributed by atoms with Crippen molar-refractivity contribution in [3.63, 3.8) is 0 Å². The van der Waals surface area contributed by atoms with Crippen LogP contribution in [-0.2, 0) is 11.2 Å². The summed E-state index contributed by atoms with van der Waals surface area (Å²) in [7, 11) is 0. The maximum Gasteiger partial charge on any atom is 0.191 e. The van der Waals surface area contributed by atoms with Gasteiger partial charge in [-0.15, -0.1) is 24.0 Å². The molecular formula is C22H33IN4O. The van der Waals surface area contributed by atoms with E-state index < -0.39 is 0 Å². The third kappa shape index (κ3) is 6.90. The molecule has 0 bridgehead atoms. The highest BCUT2D eigenvalue weighted by atomic mass is 127. The van der Waals surface area contributed by atoms with Crippen LogP contribution in [0.5, 0.6) is 0 Å². The summed E-state index contributed by atoms with van der Waals surface area (Å²) in [5, 5.41) is 9.42. The molecule has 154 valence electrons. The van der Waals surface area contributed by atoms with Gasteiger partial charge in [0.25, 0.3) is 0 Å². The molecule has 1 atom stereocenters. The standard InChI is InChI=1S/C22H32N4O.HI/c1-3-23-22(25-17-18(2)26-12-14-27-15-13-26)24-11-10-19-8-9-20-6-4-5-7-21(20)16-19;/h4-9,16,18H,3,10-15,17H2,1-2H3,(H2,23,24,25);1H. The number of nitrogens with one attached hydrogen (secondary N) is 2. The van der Waals surface area contributed by atoms with Crippen LogP contribution in [0.1, 0.15) is 19.4 Å². The molecule has 0 saturated carbocycles. The number of hydrogen-bond donors (Lipinski definition) is 2. The SMILES string of the molecule is CCNC(=NCC(C)N1CCOCC1)NCCc1ccc2ccccc2c1.I. The summed E-state index contributed by atoms with van der Waals surface area (Å²) in [5.74, 6) is 0.901. The van der Waals surface area contributed by atoms with Gasteiger partial charge in [0.15, 0.2) is 5.96 Å². The first-order chi connectivity index (χ1) is 13.3. The summed E-state index contributed by atoms with van der Waals surface area (Å²) >= 11 is 0. The van der Waals surface area contributed by atoms with Crippen molar-refractivity contribution in [2.45, 2.75) is 26.3 Å². The van der Waals surface area contributed by atoms with Crippen LogP contribution in [0.4, 0.5) is 0 Å². The molecule has 5 nitrogen and oxygen atoms in total. The van der Waals surface area contributed by atoms with E-state index in [4.69, 9.17) is 9.73 Å². The number of rotatable bonds is 7. The second-order valence-electron chi connectivity index (χ2n) is 7.08. The van der Waals surface area contributed by atoms with Gasteiger partial charge >= 0.3 is 0 Å². The summed E-state index contributed by atoms with van der Waals surface area (Å²) in [6.45, 7) is 10.6. The first-order valence-corrected chi connectivity index (χ1v) is 10.1. The summed E-state index contributed by atoms with van der Waals surface area (Å²) in [6.07, 6.45) is 0.980. The Balaban J connectivity index is 0.00000280. The van der Waals surface area contributed by atoms with Gasteiger partial charge in [0, 0.05) is 32.2 Å². The highest BCUT2D eigenvalue weighted by molar-refractivity contribution is 14.0. The molecule has 0 amide bonds. The normalized spacial score (nSPS) is 16.4. The molecule has 1 saturated heterocycles. The molecule has 2 aromatic carbocycles. The lowest BCUT2D eigenvalue weighted by atomic mass is 10.1. The van der Waals surface area contributed by atoms with E-state index in [0.29, 0.717) is 6.04 Å². The molecule has 2 aromatic rings. The minimum absolute atomic E-state index is 0. The highest BCUT2D eigenvalue weighted by Gasteiger charge is 2.16. The Morgan fingerprint density at radius 3 is 2.61 bits per heavy atom. The quantitative estimate of drug-likeness (QED) is 0.351. The molecule has 3 rings (SSSR count). The number of guanidine groups is 1. The molecule has 0 radical (unpaired) electrons. The second kappa shape index (κ2) is 12.2. The molecule has 0 aromatic heterocycles. The molecule has 1 aliphatic heterocycles. The van der Waals surface area contributed by atoms with Crippen molar-refractivity contribution in [1.82, 2.24) is 15.5 Å². The zero-order valence-corrected chi connectivity index (χ0v) is 19.3. The van der Waals surface area contributed by atoms with E-state index in [1.807, 2.05) is 0 Å². The van der Waals surface area contributed by atoms with Crippen LogP contribution in [0, 0.1) is 0 Å². The zero-order valence-electron chi connectivity index (χ0n) is 17.0. The lowest BCUT2D eigenvalue weighted by Crippen LogP contribution is -2.44. The Morgan fingerprint density at radius 1 is 1.11 bits per heavy atom. The molecule has 1 heterocycles. The van der Waals surface area contributed by atoms with Crippen LogP contribution in [-0.4, -0.2) is 62.8 Å². The van der Waals surface area contributed by atoms with Crippen LogP contribution in [0.25, 0.3) is 10.8 Å². The molecule has 1 aliphatic rings. The summed E-state index contributed by atoms with van der Waals surface area (Å²) in [5.41, 5.74) is 1.35. The minimum Gasteiger partial charge on any atom is -0.379 e. The van der Waals surface area contributed by atoms with Crippen molar-refractivity contribution in [2.24, 2.45) is 4.99 Å². The van der Waals surface area contributed by atoms with Crippen molar-refractivity contribution in [3.8, 4) is 0 Å². The molecular weight excluding hydrogens is 463 g/mol. The number of benzene rings is 2. The van der Waals surface area contributed by atoms with Crippen LogP contribution in [0.15, 0.2) is 47.5 Å². The Labute approximate surface area is 185 Å². The smallest absolute Gasteiger partial charge is 0.191 e. The average Bonchev–Trinajstić information content (AvgIpc) is 2.72. The maximum atomic E-state index is 5.43. The number of halogens is 1. The molecule has 2 N–H and O–H groups in total. The van der Waals surface area contributed by atoms with E-state index in [-0.39, 0.29) is 24.0 Å². The number of ether oxygens (including phenoxy) is 1. The van der Waals surface area contributed by atoms with E-state index in [9.17, 15) is 0 Å². The van der Waals surface area contributed by atoms with E-state index in [1.165, 1.54) is 16.3 Å². The van der Waals surface area contributed by atoms with Crippen molar-refractivity contribution < 1.29 is 4.74 Å². The number of nitrogens with zero attached hydrogens (tertiary/aromatic N) is 2. The van der Waals surface area contributed by atoms with E-state index in [0.717, 1.165) is 58.3 Å². The fourth-order valence-electron chi connectivity index (χ4n) is 3.42. The van der Waals surface area contributed by atoms with Crippen molar-refractivity contribution in [2.75, 3.05) is 45.9 Å². The van der Waals surface area contributed by atoms with Gasteiger partial charge in [-0.05, 0) is 36.6 Å². The van der Waals surface area contributed by atoms with E-state index in [1.54, 1.807) is 0 Å². The van der Waals surface area contributed by atoms with Gasteiger partial charge < -0.3 is 15.4 Å². The van der Waals surface area contributed by atoms with Crippen molar-refractivity contribution in [1.29, 1.82) is 0 Å². The predicted molar refractivity (Wildman–Crippen MR) is 129 cm³/mol. The van der Waals surface area contributed by atoms with Gasteiger partial charge in [-0.3, -0.25) is 9.89 Å². The minimum atomic E-state index is 0. The van der Waals surface area contributed by atoms with E-state index in [2.05, 4.69) is 71.8 Å². The van der Waals surface area contributed by atoms with Crippen LogP contribution in [0.2, 0.25) is 0 Å². The monoisotopic (exact) mass is 496 g/mol. The number of morpholine rings is 1. The molecule has 1 fully saturated rings. The van der Waals surface area contributed by atoms with Crippen molar-refractivity contribution >= 4 is 40.7 Å². The summed E-state index contributed by atoms with van der Waals surface area (Å²) in [6, 6.07) is 15.6. The largest absolute Gasteiger partial charge is 0.379 e. The van der Waals surface area contributed by atoms with E-state index >= 15 is 0 Å². The lowest BCUT2D eigenvalue weighted by molar-refractivity contribution is 0.0220. The van der Waals surface area contributed by atoms with Gasteiger partial charge in [0.2, 0.25) is 0 Å². The fourth-order valence-corrected chi connectivity index (χ4v) is 3.42. The third-order valence-electron chi connectivity index (χ3n) is 5.05. The first kappa shape index (κ1) is 22.9. The zero-order chi connectivity index (χ0) is 18.9. The van der Waals surface area contributed by atoms with Gasteiger partial charge in [-0.2, -0.15) is 0 Å². The lowest BCUT2D eigenvalue weighted by Gasteiger charge is -2.31. The predicted octanol–water partition coefficient (Wildman–Crippen LogP) is 3.28. The average molecular weight is 496 g/mol. The number of hydrogen-bond acceptors (Lipinski definition) is 3. The molecule has 0 spiro atoms. The summed E-state index contributed by atoms with van der Waals surface area (Å²) in [4.78, 5) is 7.23. The Morgan fingerprint density at radius 2 is 1.86 bits per heavy atom. The van der Waals surface area contributed by atoms with Crippen molar-refractivity contribution in [3.05, 3.63) is 48.0 Å². The highest BCUT2D eigenvalue weighted by Crippen LogP contribution is 2.15. The Kier molecular flexibility index (Phi) is 10.0. The molecule has 1 unspecified atom stereocenters. The van der Waals surface area contributed by atoms with Gasteiger partial charge in [0.05, 0.1) is 19.8 Å². The van der Waals surface area contributed by atoms with Gasteiger partial charge in [0.1, 0.15) is 0 Å². The third-order valence-corrected chi connectivity index (χ3v) is 5.05. The van der Waals surface area contributed by atoms with Gasteiger partial charge in [-0.1, -0.05) is 42.5 Å². The fraction of sp³-hybridized carbons (Fsp3) is 0.500. The summed E-state index contributed by atoms with van der Waals surface area (Å²) < 4.78 is 5.43. The Bertz CT molecular complexity index is 746. The van der Waals surface area contributed by atoms with Crippen LogP contribution >= 0.6 is 24.0 Å². The molecule has 0 aliphatic carbocycles. The van der Waals surface area contributed by atoms with Crippen LogP contribution < -0.4 is 10.6 Å². The Hall–Kier alpha value is -1.38. The molecule has 28 heavy (non-hydrogen) atoms. The number of aliphatic imine (C=N–C) groups is 1. The maximum absolute atomic E-state index is 5.43.